The average molecular weight is 382 g/mol. The van der Waals surface area contributed by atoms with Crippen molar-refractivity contribution in [2.24, 2.45) is 5.41 Å². The number of hydrogen-bond acceptors (Lipinski definition) is 3. The van der Waals surface area contributed by atoms with Gasteiger partial charge in [0, 0.05) is 18.8 Å². The summed E-state index contributed by atoms with van der Waals surface area (Å²) in [5, 5.41) is 11.3. The Labute approximate surface area is 144 Å². The second-order valence-corrected chi connectivity index (χ2v) is 6.05. The lowest BCUT2D eigenvalue weighted by Gasteiger charge is -2.21. The highest BCUT2D eigenvalue weighted by atomic mass is 19.4. The van der Waals surface area contributed by atoms with Crippen LogP contribution < -0.4 is 10.1 Å². The fourth-order valence-electron chi connectivity index (χ4n) is 2.54. The van der Waals surface area contributed by atoms with Gasteiger partial charge in [0.1, 0.15) is 5.75 Å². The molecule has 1 aliphatic rings. The summed E-state index contributed by atoms with van der Waals surface area (Å²) in [5.41, 5.74) is -2.89. The average Bonchev–Trinajstić information content (AvgIpc) is 2.91. The highest BCUT2D eigenvalue weighted by Crippen LogP contribution is 2.38. The Kier molecular flexibility index (Phi) is 5.28. The number of carboxylic acid groups (broad SMARTS) is 1. The zero-order valence-corrected chi connectivity index (χ0v) is 13.4. The largest absolute Gasteiger partial charge is 0.481 e. The lowest BCUT2D eigenvalue weighted by molar-refractivity contribution is -0.147. The molecule has 0 saturated carbocycles. The zero-order chi connectivity index (χ0) is 19.7. The van der Waals surface area contributed by atoms with Crippen LogP contribution in [0, 0.1) is 5.41 Å². The van der Waals surface area contributed by atoms with Crippen molar-refractivity contribution in [3.8, 4) is 5.75 Å². The molecule has 0 aliphatic carbocycles. The smallest absolute Gasteiger partial charge is 0.420 e. The number of carboxylic acids is 1. The van der Waals surface area contributed by atoms with Gasteiger partial charge in [0.25, 0.3) is 0 Å². The lowest BCUT2D eigenvalue weighted by atomic mass is 9.90. The van der Waals surface area contributed by atoms with Gasteiger partial charge in [-0.15, -0.1) is 0 Å². The summed E-state index contributed by atoms with van der Waals surface area (Å²) in [4.78, 5) is 24.5. The summed E-state index contributed by atoms with van der Waals surface area (Å²) in [6.45, 7) is -1.96. The van der Waals surface area contributed by atoms with Gasteiger partial charge in [0.05, 0.1) is 11.0 Å². The second kappa shape index (κ2) is 6.96. The Hall–Kier alpha value is -2.59. The predicted molar refractivity (Wildman–Crippen MR) is 79.0 cm³/mol. The third-order valence-corrected chi connectivity index (χ3v) is 4.03. The van der Waals surface area contributed by atoms with Crippen LogP contribution in [0.15, 0.2) is 18.2 Å². The van der Waals surface area contributed by atoms with E-state index < -0.39 is 41.5 Å². The number of alkyl halides is 5. The number of rotatable bonds is 4. The van der Waals surface area contributed by atoms with E-state index in [9.17, 15) is 31.5 Å². The molecule has 2 rings (SSSR count). The number of urea groups is 1. The number of hydrogen-bond donors (Lipinski definition) is 2. The minimum absolute atomic E-state index is 0.104. The van der Waals surface area contributed by atoms with Crippen molar-refractivity contribution >= 4 is 17.7 Å². The van der Waals surface area contributed by atoms with Crippen LogP contribution in [0.4, 0.5) is 32.4 Å². The third-order valence-electron chi connectivity index (χ3n) is 4.03. The SMILES string of the molecule is CC1(C(=O)O)CCN(C(=O)Nc2ccc(OC(F)F)c(C(F)(F)F)c2)C1. The van der Waals surface area contributed by atoms with Crippen LogP contribution in [-0.4, -0.2) is 41.7 Å². The number of carbonyl (C=O) groups excluding carboxylic acids is 1. The number of aliphatic carboxylic acids is 1. The van der Waals surface area contributed by atoms with Gasteiger partial charge in [-0.05, 0) is 31.5 Å². The third kappa shape index (κ3) is 4.33. The van der Waals surface area contributed by atoms with E-state index in [0.717, 1.165) is 11.0 Å². The van der Waals surface area contributed by atoms with Crippen molar-refractivity contribution in [2.75, 3.05) is 18.4 Å². The van der Waals surface area contributed by atoms with E-state index in [1.165, 1.54) is 6.92 Å². The minimum Gasteiger partial charge on any atom is -0.481 e. The Morgan fingerprint density at radius 1 is 1.35 bits per heavy atom. The molecule has 11 heteroatoms. The van der Waals surface area contributed by atoms with Crippen LogP contribution in [0.25, 0.3) is 0 Å². The van der Waals surface area contributed by atoms with Crippen molar-refractivity contribution in [2.45, 2.75) is 26.1 Å². The minimum atomic E-state index is -4.97. The lowest BCUT2D eigenvalue weighted by Crippen LogP contribution is -2.37. The Bertz CT molecular complexity index is 710. The molecule has 0 radical (unpaired) electrons. The Morgan fingerprint density at radius 3 is 2.50 bits per heavy atom. The summed E-state index contributed by atoms with van der Waals surface area (Å²) in [6.07, 6.45) is -4.77. The molecule has 1 aromatic rings. The Balaban J connectivity index is 2.17. The van der Waals surface area contributed by atoms with Gasteiger partial charge in [-0.2, -0.15) is 22.0 Å². The normalized spacial score (nSPS) is 20.3. The van der Waals surface area contributed by atoms with Crippen molar-refractivity contribution in [1.29, 1.82) is 0 Å². The predicted octanol–water partition coefficient (Wildman–Crippen LogP) is 3.64. The van der Waals surface area contributed by atoms with Crippen molar-refractivity contribution < 1.29 is 41.4 Å². The van der Waals surface area contributed by atoms with E-state index in [1.54, 1.807) is 0 Å². The van der Waals surface area contributed by atoms with Crippen molar-refractivity contribution in [3.63, 3.8) is 0 Å². The number of benzene rings is 1. The fourth-order valence-corrected chi connectivity index (χ4v) is 2.54. The molecule has 1 aromatic carbocycles. The van der Waals surface area contributed by atoms with Crippen molar-refractivity contribution in [1.82, 2.24) is 4.90 Å². The Morgan fingerprint density at radius 2 is 2.00 bits per heavy atom. The molecule has 1 saturated heterocycles. The highest BCUT2D eigenvalue weighted by molar-refractivity contribution is 5.90. The summed E-state index contributed by atoms with van der Waals surface area (Å²) in [7, 11) is 0. The summed E-state index contributed by atoms with van der Waals surface area (Å²) < 4.78 is 67.3. The number of ether oxygens (including phenoxy) is 1. The zero-order valence-electron chi connectivity index (χ0n) is 13.4. The maximum atomic E-state index is 13.0. The molecule has 0 spiro atoms. The highest BCUT2D eigenvalue weighted by Gasteiger charge is 2.42. The van der Waals surface area contributed by atoms with Gasteiger partial charge < -0.3 is 20.1 Å². The molecule has 144 valence electrons. The summed E-state index contributed by atoms with van der Waals surface area (Å²) in [5.74, 6) is -2.15. The molecule has 0 bridgehead atoms. The standard InChI is InChI=1S/C15H15F5N2O4/c1-14(11(23)24)4-5-22(7-14)13(25)21-8-2-3-10(26-12(16)17)9(6-8)15(18,19)20/h2-3,6,12H,4-5,7H2,1H3,(H,21,25)(H,23,24). The van der Waals surface area contributed by atoms with Gasteiger partial charge in [0.2, 0.25) is 0 Å². The number of amides is 2. The summed E-state index contributed by atoms with van der Waals surface area (Å²) >= 11 is 0. The molecule has 1 fully saturated rings. The topological polar surface area (TPSA) is 78.9 Å². The number of likely N-dealkylation sites (tertiary alicyclic amines) is 1. The molecule has 1 aliphatic heterocycles. The van der Waals surface area contributed by atoms with Crippen LogP contribution in [0.2, 0.25) is 0 Å². The molecule has 0 aromatic heterocycles. The van der Waals surface area contributed by atoms with Crippen LogP contribution in [-0.2, 0) is 11.0 Å². The first-order valence-electron chi connectivity index (χ1n) is 7.38. The first kappa shape index (κ1) is 19.7. The van der Waals surface area contributed by atoms with E-state index in [-0.39, 0.29) is 25.2 Å². The van der Waals surface area contributed by atoms with Gasteiger partial charge in [-0.25, -0.2) is 4.79 Å². The van der Waals surface area contributed by atoms with E-state index in [4.69, 9.17) is 5.11 Å². The number of anilines is 1. The van der Waals surface area contributed by atoms with E-state index in [0.29, 0.717) is 12.1 Å². The second-order valence-electron chi connectivity index (χ2n) is 6.05. The molecular weight excluding hydrogens is 367 g/mol. The number of carbonyl (C=O) groups is 2. The van der Waals surface area contributed by atoms with Gasteiger partial charge in [0.15, 0.2) is 0 Å². The molecule has 26 heavy (non-hydrogen) atoms. The molecule has 2 amide bonds. The quantitative estimate of drug-likeness (QED) is 0.780. The fraction of sp³-hybridized carbons (Fsp3) is 0.467. The summed E-state index contributed by atoms with van der Waals surface area (Å²) in [6, 6.07) is 1.35. The van der Waals surface area contributed by atoms with E-state index >= 15 is 0 Å². The first-order chi connectivity index (χ1) is 11.9. The molecule has 1 unspecified atom stereocenters. The maximum absolute atomic E-state index is 13.0. The maximum Gasteiger partial charge on any atom is 0.420 e. The van der Waals surface area contributed by atoms with Gasteiger partial charge in [-0.3, -0.25) is 4.79 Å². The molecule has 1 atom stereocenters. The number of nitrogens with zero attached hydrogens (tertiary/aromatic N) is 1. The van der Waals surface area contributed by atoms with Crippen LogP contribution in [0.1, 0.15) is 18.9 Å². The number of nitrogens with one attached hydrogen (secondary N) is 1. The van der Waals surface area contributed by atoms with Gasteiger partial charge >= 0.3 is 24.8 Å². The van der Waals surface area contributed by atoms with Gasteiger partial charge in [-0.1, -0.05) is 0 Å². The molecule has 6 nitrogen and oxygen atoms in total. The van der Waals surface area contributed by atoms with Crippen molar-refractivity contribution in [3.05, 3.63) is 23.8 Å². The number of halogens is 5. The first-order valence-corrected chi connectivity index (χ1v) is 7.38. The van der Waals surface area contributed by atoms with Crippen LogP contribution >= 0.6 is 0 Å². The van der Waals surface area contributed by atoms with Crippen LogP contribution in [0.3, 0.4) is 0 Å². The molecular formula is C15H15F5N2O4. The molecule has 1 heterocycles. The van der Waals surface area contributed by atoms with E-state index in [1.807, 2.05) is 0 Å². The van der Waals surface area contributed by atoms with Crippen LogP contribution in [0.5, 0.6) is 5.75 Å². The molecule has 2 N–H and O–H groups in total. The van der Waals surface area contributed by atoms with E-state index in [2.05, 4.69) is 10.1 Å². The monoisotopic (exact) mass is 382 g/mol.